The Morgan fingerprint density at radius 1 is 1.10 bits per heavy atom. The molecule has 0 aliphatic carbocycles. The van der Waals surface area contributed by atoms with Crippen molar-refractivity contribution >= 4 is 44.3 Å². The second-order valence-corrected chi connectivity index (χ2v) is 8.48. The van der Waals surface area contributed by atoms with E-state index in [1.165, 1.54) is 10.9 Å². The lowest BCUT2D eigenvalue weighted by Crippen LogP contribution is -2.49. The van der Waals surface area contributed by atoms with Gasteiger partial charge in [0.05, 0.1) is 17.2 Å². The number of halogens is 2. The van der Waals surface area contributed by atoms with Crippen molar-refractivity contribution in [2.24, 2.45) is 0 Å². The van der Waals surface area contributed by atoms with E-state index < -0.39 is 0 Å². The number of nitrogens with zero attached hydrogens (tertiary/aromatic N) is 4. The van der Waals surface area contributed by atoms with Crippen molar-refractivity contribution < 1.29 is 4.79 Å². The van der Waals surface area contributed by atoms with E-state index in [0.29, 0.717) is 24.0 Å². The first-order chi connectivity index (χ1) is 14.0. The van der Waals surface area contributed by atoms with Gasteiger partial charge in [0.25, 0.3) is 5.56 Å². The van der Waals surface area contributed by atoms with E-state index >= 15 is 0 Å². The van der Waals surface area contributed by atoms with Crippen LogP contribution in [0.3, 0.4) is 0 Å². The van der Waals surface area contributed by atoms with Crippen LogP contribution in [0.1, 0.15) is 5.56 Å². The van der Waals surface area contributed by atoms with Gasteiger partial charge in [-0.1, -0.05) is 39.7 Å². The number of rotatable bonds is 4. The van der Waals surface area contributed by atoms with Crippen LogP contribution in [0.15, 0.2) is 58.1 Å². The normalized spacial score (nSPS) is 15.0. The lowest BCUT2D eigenvalue weighted by atomic mass is 10.2. The number of carbonyl (C=O) groups is 1. The number of aromatic nitrogens is 2. The Labute approximate surface area is 181 Å². The molecule has 2 aromatic carbocycles. The van der Waals surface area contributed by atoms with Crippen LogP contribution in [0.5, 0.6) is 0 Å². The average Bonchev–Trinajstić information content (AvgIpc) is 2.71. The van der Waals surface area contributed by atoms with E-state index in [2.05, 4.69) is 31.9 Å². The summed E-state index contributed by atoms with van der Waals surface area (Å²) in [6.07, 6.45) is 1.45. The molecule has 1 aliphatic rings. The monoisotopic (exact) mass is 474 g/mol. The fourth-order valence-electron chi connectivity index (χ4n) is 3.54. The standard InChI is InChI=1S/C21H20BrClN4O2/c22-16-4-5-19-18(11-16)21(29)27(14-24-19)13-20(28)26-8-6-25(7-9-26)12-15-2-1-3-17(23)10-15/h1-5,10-11,14H,6-9,12-13H2. The smallest absolute Gasteiger partial charge is 0.261 e. The molecule has 1 aromatic heterocycles. The Balaban J connectivity index is 1.38. The topological polar surface area (TPSA) is 58.4 Å². The third-order valence-electron chi connectivity index (χ3n) is 5.11. The van der Waals surface area contributed by atoms with Crippen LogP contribution in [-0.2, 0) is 17.9 Å². The van der Waals surface area contributed by atoms with Gasteiger partial charge in [0.15, 0.2) is 0 Å². The van der Waals surface area contributed by atoms with Crippen molar-refractivity contribution in [3.8, 4) is 0 Å². The molecule has 1 amide bonds. The van der Waals surface area contributed by atoms with Gasteiger partial charge in [0.2, 0.25) is 5.91 Å². The lowest BCUT2D eigenvalue weighted by Gasteiger charge is -2.34. The number of hydrogen-bond acceptors (Lipinski definition) is 4. The molecule has 1 saturated heterocycles. The van der Waals surface area contributed by atoms with Crippen molar-refractivity contribution in [3.63, 3.8) is 0 Å². The van der Waals surface area contributed by atoms with Crippen LogP contribution >= 0.6 is 27.5 Å². The summed E-state index contributed by atoms with van der Waals surface area (Å²) in [5.74, 6) is -0.0642. The third kappa shape index (κ3) is 4.69. The molecule has 0 unspecified atom stereocenters. The van der Waals surface area contributed by atoms with Crippen LogP contribution in [-0.4, -0.2) is 51.4 Å². The van der Waals surface area contributed by atoms with Gasteiger partial charge in [0.1, 0.15) is 6.54 Å². The predicted octanol–water partition coefficient (Wildman–Crippen LogP) is 3.16. The molecule has 0 radical (unpaired) electrons. The van der Waals surface area contributed by atoms with E-state index in [0.717, 1.165) is 34.7 Å². The number of hydrogen-bond donors (Lipinski definition) is 0. The van der Waals surface area contributed by atoms with Gasteiger partial charge in [-0.25, -0.2) is 4.98 Å². The van der Waals surface area contributed by atoms with Crippen molar-refractivity contribution in [2.75, 3.05) is 26.2 Å². The first kappa shape index (κ1) is 20.1. The minimum atomic E-state index is -0.204. The SMILES string of the molecule is O=C(Cn1cnc2ccc(Br)cc2c1=O)N1CCN(Cc2cccc(Cl)c2)CC1. The lowest BCUT2D eigenvalue weighted by molar-refractivity contribution is -0.133. The Kier molecular flexibility index (Phi) is 5.99. The maximum Gasteiger partial charge on any atom is 0.261 e. The molecule has 0 bridgehead atoms. The van der Waals surface area contributed by atoms with E-state index in [9.17, 15) is 9.59 Å². The van der Waals surface area contributed by atoms with Crippen LogP contribution in [0.25, 0.3) is 10.9 Å². The first-order valence-electron chi connectivity index (χ1n) is 9.39. The number of benzene rings is 2. The van der Waals surface area contributed by atoms with Gasteiger partial charge in [-0.05, 0) is 35.9 Å². The van der Waals surface area contributed by atoms with Gasteiger partial charge in [-0.3, -0.25) is 19.1 Å². The van der Waals surface area contributed by atoms with Crippen molar-refractivity contribution in [1.29, 1.82) is 0 Å². The van der Waals surface area contributed by atoms with Crippen molar-refractivity contribution in [2.45, 2.75) is 13.1 Å². The zero-order valence-electron chi connectivity index (χ0n) is 15.7. The summed E-state index contributed by atoms with van der Waals surface area (Å²) in [6, 6.07) is 13.2. The van der Waals surface area contributed by atoms with Crippen molar-refractivity contribution in [3.05, 3.63) is 74.2 Å². The molecule has 0 spiro atoms. The Morgan fingerprint density at radius 3 is 2.66 bits per heavy atom. The maximum absolute atomic E-state index is 12.7. The van der Waals surface area contributed by atoms with E-state index in [1.807, 2.05) is 29.2 Å². The van der Waals surface area contributed by atoms with E-state index in [-0.39, 0.29) is 18.0 Å². The highest BCUT2D eigenvalue weighted by Crippen LogP contribution is 2.16. The summed E-state index contributed by atoms with van der Waals surface area (Å²) in [5.41, 5.74) is 1.58. The minimum absolute atomic E-state index is 0.00256. The van der Waals surface area contributed by atoms with Crippen LogP contribution in [0.2, 0.25) is 5.02 Å². The van der Waals surface area contributed by atoms with E-state index in [1.54, 1.807) is 12.1 Å². The Bertz CT molecular complexity index is 1110. The molecule has 0 saturated carbocycles. The van der Waals surface area contributed by atoms with E-state index in [4.69, 9.17) is 11.6 Å². The number of fused-ring (bicyclic) bond motifs is 1. The summed E-state index contributed by atoms with van der Waals surface area (Å²) in [6.45, 7) is 3.67. The molecule has 1 aliphatic heterocycles. The zero-order chi connectivity index (χ0) is 20.4. The van der Waals surface area contributed by atoms with Crippen molar-refractivity contribution in [1.82, 2.24) is 19.4 Å². The molecular formula is C21H20BrClN4O2. The summed E-state index contributed by atoms with van der Waals surface area (Å²) in [5, 5.41) is 1.23. The van der Waals surface area contributed by atoms with Crippen LogP contribution < -0.4 is 5.56 Å². The van der Waals surface area contributed by atoms with Gasteiger partial charge >= 0.3 is 0 Å². The predicted molar refractivity (Wildman–Crippen MR) is 117 cm³/mol. The second-order valence-electron chi connectivity index (χ2n) is 7.13. The van der Waals surface area contributed by atoms with Gasteiger partial charge in [-0.15, -0.1) is 0 Å². The molecule has 6 nitrogen and oxygen atoms in total. The summed E-state index contributed by atoms with van der Waals surface area (Å²) in [4.78, 5) is 33.8. The molecule has 150 valence electrons. The van der Waals surface area contributed by atoms with Gasteiger partial charge < -0.3 is 4.90 Å². The maximum atomic E-state index is 12.7. The molecule has 29 heavy (non-hydrogen) atoms. The molecule has 4 rings (SSSR count). The molecular weight excluding hydrogens is 456 g/mol. The molecule has 0 atom stereocenters. The molecule has 2 heterocycles. The average molecular weight is 476 g/mol. The highest BCUT2D eigenvalue weighted by atomic mass is 79.9. The summed E-state index contributed by atoms with van der Waals surface area (Å²) in [7, 11) is 0. The summed E-state index contributed by atoms with van der Waals surface area (Å²) >= 11 is 9.43. The fraction of sp³-hybridized carbons (Fsp3) is 0.286. The second kappa shape index (κ2) is 8.65. The Hall–Kier alpha value is -2.22. The first-order valence-corrected chi connectivity index (χ1v) is 10.6. The highest BCUT2D eigenvalue weighted by molar-refractivity contribution is 9.10. The number of amides is 1. The fourth-order valence-corrected chi connectivity index (χ4v) is 4.11. The quantitative estimate of drug-likeness (QED) is 0.582. The molecule has 3 aromatic rings. The van der Waals surface area contributed by atoms with Gasteiger partial charge in [-0.2, -0.15) is 0 Å². The Morgan fingerprint density at radius 2 is 1.90 bits per heavy atom. The summed E-state index contributed by atoms with van der Waals surface area (Å²) < 4.78 is 2.19. The zero-order valence-corrected chi connectivity index (χ0v) is 18.1. The minimum Gasteiger partial charge on any atom is -0.339 e. The number of carbonyl (C=O) groups excluding carboxylic acids is 1. The van der Waals surface area contributed by atoms with Gasteiger partial charge in [0, 0.05) is 42.2 Å². The molecule has 8 heteroatoms. The third-order valence-corrected chi connectivity index (χ3v) is 5.84. The highest BCUT2D eigenvalue weighted by Gasteiger charge is 2.22. The van der Waals surface area contributed by atoms with Crippen LogP contribution in [0.4, 0.5) is 0 Å². The molecule has 0 N–H and O–H groups in total. The van der Waals surface area contributed by atoms with Crippen LogP contribution in [0, 0.1) is 0 Å². The number of piperazine rings is 1. The largest absolute Gasteiger partial charge is 0.339 e. The molecule has 1 fully saturated rings.